The maximum atomic E-state index is 12.4. The number of fused-ring (bicyclic) bond motifs is 1. The number of aromatic nitrogens is 4. The van der Waals surface area contributed by atoms with Crippen molar-refractivity contribution in [1.82, 2.24) is 19.1 Å². The highest BCUT2D eigenvalue weighted by Crippen LogP contribution is 2.71. The van der Waals surface area contributed by atoms with E-state index in [4.69, 9.17) is 24.4 Å². The van der Waals surface area contributed by atoms with E-state index in [0.717, 1.165) is 10.9 Å². The van der Waals surface area contributed by atoms with E-state index in [1.54, 1.807) is 0 Å². The number of nitrogens with one attached hydrogen (secondary N) is 1. The van der Waals surface area contributed by atoms with Crippen LogP contribution in [0.4, 0.5) is 0 Å². The van der Waals surface area contributed by atoms with E-state index >= 15 is 0 Å². The maximum Gasteiger partial charge on any atom is 0.490 e. The van der Waals surface area contributed by atoms with Crippen molar-refractivity contribution in [2.24, 2.45) is 7.05 Å². The lowest BCUT2D eigenvalue weighted by atomic mass is 10.1. The Morgan fingerprint density at radius 3 is 1.81 bits per heavy atom. The smallest absolute Gasteiger partial charge is 0.490 e. The summed E-state index contributed by atoms with van der Waals surface area (Å²) in [5, 5.41) is 49.5. The molecule has 0 radical (unpaired) electrons. The molecular weight excluding hydrogens is 806 g/mol. The third-order valence-corrected chi connectivity index (χ3v) is 13.3. The Bertz CT molecular complexity index is 2030. The fraction of sp³-hybridized carbons (Fsp3) is 0.522. The summed E-state index contributed by atoms with van der Waals surface area (Å²) in [6.45, 7) is -2.20. The highest BCUT2D eigenvalue weighted by Gasteiger charge is 2.50. The molecule has 0 aliphatic carbocycles. The molecule has 3 aromatic rings. The zero-order valence-electron chi connectivity index (χ0n) is 27.0. The number of aryl methyl sites for hydroxylation is 1. The lowest BCUT2D eigenvalue weighted by Gasteiger charge is -2.21. The van der Waals surface area contributed by atoms with Gasteiger partial charge in [-0.3, -0.25) is 19.0 Å². The zero-order chi connectivity index (χ0) is 39.1. The van der Waals surface area contributed by atoms with Crippen LogP contribution < -0.4 is 15.0 Å². The molecule has 296 valence electrons. The van der Waals surface area contributed by atoms with Gasteiger partial charge in [-0.2, -0.15) is 12.9 Å². The Kier molecular flexibility index (Phi) is 12.5. The highest BCUT2D eigenvalue weighted by molar-refractivity contribution is 7.69. The zero-order valence-corrected chi connectivity index (χ0v) is 30.5. The van der Waals surface area contributed by atoms with Crippen molar-refractivity contribution < 1.29 is 99.2 Å². The molecule has 5 rings (SSSR count). The van der Waals surface area contributed by atoms with Crippen molar-refractivity contribution in [2.75, 3.05) is 20.3 Å². The molecule has 9 N–H and O–H groups in total. The second-order valence-corrected chi connectivity index (χ2v) is 17.3. The number of phosphoric ester groups is 2. The first kappa shape index (κ1) is 41.6. The monoisotopic (exact) mass is 839 g/mol. The van der Waals surface area contributed by atoms with Crippen molar-refractivity contribution >= 4 is 42.5 Å². The Hall–Kier alpha value is -2.51. The van der Waals surface area contributed by atoms with Crippen molar-refractivity contribution in [3.8, 4) is 11.5 Å². The molecule has 4 heterocycles. The number of rotatable bonds is 16. The van der Waals surface area contributed by atoms with Gasteiger partial charge in [0.15, 0.2) is 17.4 Å². The molecule has 2 aliphatic rings. The van der Waals surface area contributed by atoms with Gasteiger partial charge in [0.2, 0.25) is 6.29 Å². The summed E-state index contributed by atoms with van der Waals surface area (Å²) < 4.78 is 93.7. The maximum absolute atomic E-state index is 12.4. The number of phosphoric acid groups is 4. The molecule has 2 aromatic heterocycles. The van der Waals surface area contributed by atoms with Gasteiger partial charge in [-0.25, -0.2) is 28.2 Å². The summed E-state index contributed by atoms with van der Waals surface area (Å²) in [7, 11) is -20.9. The van der Waals surface area contributed by atoms with Crippen LogP contribution in [-0.4, -0.2) is 122 Å². The molecule has 0 saturated carbocycles. The third-order valence-electron chi connectivity index (χ3n) is 7.36. The van der Waals surface area contributed by atoms with E-state index in [-0.39, 0.29) is 22.4 Å². The van der Waals surface area contributed by atoms with Gasteiger partial charge in [0.1, 0.15) is 53.6 Å². The second kappa shape index (κ2) is 15.9. The van der Waals surface area contributed by atoms with Gasteiger partial charge in [0.25, 0.3) is 0 Å². The first-order valence-electron chi connectivity index (χ1n) is 14.6. The molecular formula is C23H33N5O21P4. The summed E-state index contributed by atoms with van der Waals surface area (Å²) in [6, 6.07) is 5.92. The number of nitrogens with zero attached hydrogens (tertiary/aromatic N) is 4. The Morgan fingerprint density at radius 2 is 1.25 bits per heavy atom. The molecule has 1 aromatic carbocycles. The van der Waals surface area contributed by atoms with Crippen molar-refractivity contribution in [3.05, 3.63) is 42.4 Å². The van der Waals surface area contributed by atoms with Crippen LogP contribution in [0, 0.1) is 5.41 Å². The molecule has 2 aliphatic heterocycles. The minimum atomic E-state index is -6.18. The molecule has 12 atom stereocenters. The third kappa shape index (κ3) is 10.0. The normalized spacial score (nSPS) is 30.7. The van der Waals surface area contributed by atoms with E-state index in [0.29, 0.717) is 5.75 Å². The van der Waals surface area contributed by atoms with Crippen LogP contribution in [0.25, 0.3) is 11.2 Å². The number of hydrogen-bond acceptors (Lipinski definition) is 20. The van der Waals surface area contributed by atoms with Crippen LogP contribution >= 0.6 is 31.3 Å². The summed E-state index contributed by atoms with van der Waals surface area (Å²) >= 11 is 0. The highest BCUT2D eigenvalue weighted by atomic mass is 31.3. The first-order valence-corrected chi connectivity index (χ1v) is 20.6. The molecule has 2 saturated heterocycles. The van der Waals surface area contributed by atoms with Crippen LogP contribution in [0.5, 0.6) is 11.5 Å². The summed E-state index contributed by atoms with van der Waals surface area (Å²) in [5.41, 5.74) is 0.127. The van der Waals surface area contributed by atoms with Gasteiger partial charge < -0.3 is 63.5 Å². The molecule has 26 nitrogen and oxygen atoms in total. The molecule has 53 heavy (non-hydrogen) atoms. The number of hydrogen-bond donors (Lipinski definition) is 9. The number of methoxy groups -OCH3 is 1. The molecule has 0 amide bonds. The molecule has 0 spiro atoms. The molecule has 2 fully saturated rings. The largest absolute Gasteiger partial charge is 0.497 e. The van der Waals surface area contributed by atoms with E-state index in [1.807, 2.05) is 0 Å². The van der Waals surface area contributed by atoms with Gasteiger partial charge in [-0.05, 0) is 24.3 Å². The number of imidazole rings is 1. The van der Waals surface area contributed by atoms with Crippen LogP contribution in [-0.2, 0) is 56.8 Å². The quantitative estimate of drug-likeness (QED) is 0.0772. The van der Waals surface area contributed by atoms with Crippen LogP contribution in [0.3, 0.4) is 0 Å². The summed E-state index contributed by atoms with van der Waals surface area (Å²) in [4.78, 5) is 47.7. The molecule has 30 heteroatoms. The second-order valence-electron chi connectivity index (χ2n) is 11.1. The average molecular weight is 839 g/mol. The Labute approximate surface area is 296 Å². The van der Waals surface area contributed by atoms with Gasteiger partial charge in [0, 0.05) is 7.05 Å². The fourth-order valence-electron chi connectivity index (χ4n) is 4.84. The average Bonchev–Trinajstić information content (AvgIpc) is 3.69. The fourth-order valence-corrected chi connectivity index (χ4v) is 9.79. The SMILES string of the molecule is COc1ccc(O[C@@H]2O[C@H](COP(=O)(O)OP(=O)(O)OP(=O)(O)OP(=O)(O)OC[C@H]3O[C@@H](n4cnc5c(=N)n(C)cnc54)[C@H](O)[C@@H]3O)[C@@H](O)[C@H]2O)cc1. The van der Waals surface area contributed by atoms with Gasteiger partial charge in [-0.15, -0.1) is 0 Å². The number of ether oxygens (including phenoxy) is 4. The van der Waals surface area contributed by atoms with Crippen molar-refractivity contribution in [1.29, 1.82) is 5.41 Å². The van der Waals surface area contributed by atoms with E-state index in [9.17, 15) is 58.3 Å². The van der Waals surface area contributed by atoms with Crippen LogP contribution in [0.1, 0.15) is 6.23 Å². The number of aliphatic hydroxyl groups is 4. The predicted molar refractivity (Wildman–Crippen MR) is 167 cm³/mol. The lowest BCUT2D eigenvalue weighted by Crippen LogP contribution is -2.35. The topological polar surface area (TPSA) is 373 Å². The summed E-state index contributed by atoms with van der Waals surface area (Å²) in [6.07, 6.45) is -10.7. The molecule has 0 bridgehead atoms. The van der Waals surface area contributed by atoms with E-state index in [1.165, 1.54) is 49.3 Å². The van der Waals surface area contributed by atoms with Crippen LogP contribution in [0.15, 0.2) is 36.9 Å². The standard InChI is InChI=1S/C23H33N5O21P4/c1-27-9-26-21-15(20(27)24)25-10-28(21)22-18(31)16(29)13(45-22)7-42-50(33,34)47-52(37,38)49-53(39,40)48-51(35,36)43-8-14-17(30)19(32)23(46-14)44-12-5-3-11(41-2)4-6-12/h3-6,9-10,13-14,16-19,22-24,29-32H,7-8H2,1-2H3,(H,33,34)(H,35,36)(H,37,38)(H,39,40)/t13-,14-,16-,17-,18-,19-,22-,23-/m1/s1. The number of benzene rings is 1. The van der Waals surface area contributed by atoms with Crippen LogP contribution in [0.2, 0.25) is 0 Å². The van der Waals surface area contributed by atoms with E-state index in [2.05, 4.69) is 31.9 Å². The van der Waals surface area contributed by atoms with Crippen molar-refractivity contribution in [2.45, 2.75) is 49.1 Å². The Balaban J connectivity index is 1.12. The first-order chi connectivity index (χ1) is 24.6. The minimum Gasteiger partial charge on any atom is -0.497 e. The predicted octanol–water partition coefficient (Wildman–Crippen LogP) is -1.11. The van der Waals surface area contributed by atoms with Gasteiger partial charge in [-0.1, -0.05) is 0 Å². The van der Waals surface area contributed by atoms with Gasteiger partial charge >= 0.3 is 31.3 Å². The van der Waals surface area contributed by atoms with Crippen molar-refractivity contribution in [3.63, 3.8) is 0 Å². The minimum absolute atomic E-state index is 0.0483. The van der Waals surface area contributed by atoms with Gasteiger partial charge in [0.05, 0.1) is 33.0 Å². The number of aliphatic hydroxyl groups excluding tert-OH is 4. The van der Waals surface area contributed by atoms with E-state index < -0.39 is 93.6 Å². The summed E-state index contributed by atoms with van der Waals surface area (Å²) in [5.74, 6) is 0.646. The molecule has 4 unspecified atom stereocenters. The lowest BCUT2D eigenvalue weighted by molar-refractivity contribution is -0.115. The Morgan fingerprint density at radius 1 is 0.736 bits per heavy atom.